The van der Waals surface area contributed by atoms with Gasteiger partial charge in [0.2, 0.25) is 0 Å². The minimum Gasteiger partial charge on any atom is -0.508 e. The van der Waals surface area contributed by atoms with Crippen LogP contribution in [0.15, 0.2) is 53.2 Å². The van der Waals surface area contributed by atoms with Crippen LogP contribution in [0.3, 0.4) is 0 Å². The number of hydrogen-bond acceptors (Lipinski definition) is 5. The number of benzene rings is 1. The van der Waals surface area contributed by atoms with Crippen molar-refractivity contribution in [3.8, 4) is 5.75 Å². The summed E-state index contributed by atoms with van der Waals surface area (Å²) in [7, 11) is -3.77. The molecule has 1 aliphatic heterocycles. The van der Waals surface area contributed by atoms with E-state index in [2.05, 4.69) is 9.71 Å². The molecule has 0 saturated heterocycles. The predicted molar refractivity (Wildman–Crippen MR) is 86.8 cm³/mol. The summed E-state index contributed by atoms with van der Waals surface area (Å²) in [4.78, 5) is 4.01. The Balaban J connectivity index is 1.96. The number of fused-ring (bicyclic) bond motifs is 1. The van der Waals surface area contributed by atoms with Gasteiger partial charge in [0, 0.05) is 11.8 Å². The van der Waals surface area contributed by atoms with E-state index < -0.39 is 15.6 Å². The fraction of sp³-hybridized carbons (Fsp3) is 0.188. The van der Waals surface area contributed by atoms with Crippen LogP contribution in [0.25, 0.3) is 6.08 Å². The van der Waals surface area contributed by atoms with E-state index in [9.17, 15) is 13.5 Å². The molecule has 1 aliphatic rings. The highest BCUT2D eigenvalue weighted by Gasteiger charge is 2.31. The number of aliphatic hydroxyl groups excluding tert-OH is 1. The van der Waals surface area contributed by atoms with Gasteiger partial charge in [0.05, 0.1) is 4.90 Å². The summed E-state index contributed by atoms with van der Waals surface area (Å²) in [6.07, 6.45) is 3.01. The van der Waals surface area contributed by atoms with E-state index in [4.69, 9.17) is 4.74 Å². The van der Waals surface area contributed by atoms with Gasteiger partial charge < -0.3 is 9.84 Å². The second-order valence-electron chi connectivity index (χ2n) is 5.66. The standard InChI is InChI=1S/C16H16N2O4S/c1-16(2)14(19)10-11-9-12(6-7-13(11)22-16)23(20,21)18-15-5-3-4-8-17-15/h3-10,19H,1-2H3,(H,17,18). The SMILES string of the molecule is CC1(C)Oc2ccc(S(=O)(=O)Nc3ccccn3)cc2C=C1O. The first-order valence-corrected chi connectivity index (χ1v) is 8.44. The Kier molecular flexibility index (Phi) is 3.52. The van der Waals surface area contributed by atoms with Crippen LogP contribution in [0.4, 0.5) is 5.82 Å². The zero-order chi connectivity index (χ0) is 16.7. The zero-order valence-electron chi connectivity index (χ0n) is 12.6. The van der Waals surface area contributed by atoms with Crippen molar-refractivity contribution >= 4 is 21.9 Å². The maximum Gasteiger partial charge on any atom is 0.263 e. The fourth-order valence-corrected chi connectivity index (χ4v) is 3.21. The van der Waals surface area contributed by atoms with E-state index in [0.29, 0.717) is 11.3 Å². The van der Waals surface area contributed by atoms with Crippen LogP contribution in [0.5, 0.6) is 5.75 Å². The van der Waals surface area contributed by atoms with Gasteiger partial charge in [0.1, 0.15) is 17.3 Å². The number of anilines is 1. The number of ether oxygens (including phenoxy) is 1. The third kappa shape index (κ3) is 3.00. The second kappa shape index (κ2) is 5.27. The summed E-state index contributed by atoms with van der Waals surface area (Å²) in [6.45, 7) is 3.46. The van der Waals surface area contributed by atoms with Gasteiger partial charge in [0.15, 0.2) is 5.60 Å². The molecule has 1 aromatic heterocycles. The van der Waals surface area contributed by atoms with Crippen molar-refractivity contribution < 1.29 is 18.3 Å². The van der Waals surface area contributed by atoms with Gasteiger partial charge in [-0.15, -0.1) is 0 Å². The summed E-state index contributed by atoms with van der Waals surface area (Å²) in [5.41, 5.74) is -0.328. The lowest BCUT2D eigenvalue weighted by Crippen LogP contribution is -2.33. The van der Waals surface area contributed by atoms with E-state index in [-0.39, 0.29) is 16.5 Å². The molecule has 6 nitrogen and oxygen atoms in total. The quantitative estimate of drug-likeness (QED) is 0.902. The first-order valence-electron chi connectivity index (χ1n) is 6.96. The van der Waals surface area contributed by atoms with Crippen LogP contribution in [0.2, 0.25) is 0 Å². The van der Waals surface area contributed by atoms with Crippen molar-refractivity contribution in [2.45, 2.75) is 24.3 Å². The van der Waals surface area contributed by atoms with Crippen molar-refractivity contribution in [3.63, 3.8) is 0 Å². The molecule has 2 aromatic rings. The van der Waals surface area contributed by atoms with Gasteiger partial charge in [-0.25, -0.2) is 13.4 Å². The Bertz CT molecular complexity index is 874. The van der Waals surface area contributed by atoms with Crippen LogP contribution in [0, 0.1) is 0 Å². The third-order valence-corrected chi connectivity index (χ3v) is 4.82. The van der Waals surface area contributed by atoms with E-state index >= 15 is 0 Å². The van der Waals surface area contributed by atoms with E-state index in [1.54, 1.807) is 38.1 Å². The molecule has 0 unspecified atom stereocenters. The lowest BCUT2D eigenvalue weighted by Gasteiger charge is -2.30. The summed E-state index contributed by atoms with van der Waals surface area (Å²) < 4.78 is 32.9. The Labute approximate surface area is 134 Å². The fourth-order valence-electron chi connectivity index (χ4n) is 2.17. The maximum absolute atomic E-state index is 12.4. The van der Waals surface area contributed by atoms with Gasteiger partial charge >= 0.3 is 0 Å². The van der Waals surface area contributed by atoms with Crippen molar-refractivity contribution in [3.05, 3.63) is 53.9 Å². The number of hydrogen-bond donors (Lipinski definition) is 2. The molecule has 2 N–H and O–H groups in total. The third-order valence-electron chi connectivity index (χ3n) is 3.47. The number of aliphatic hydroxyl groups is 1. The molecule has 0 aliphatic carbocycles. The van der Waals surface area contributed by atoms with Crippen molar-refractivity contribution in [1.29, 1.82) is 0 Å². The van der Waals surface area contributed by atoms with E-state index in [0.717, 1.165) is 0 Å². The van der Waals surface area contributed by atoms with Crippen molar-refractivity contribution in [2.24, 2.45) is 0 Å². The second-order valence-corrected chi connectivity index (χ2v) is 7.34. The molecule has 3 rings (SSSR count). The molecule has 1 aromatic carbocycles. The Hall–Kier alpha value is -2.54. The minimum absolute atomic E-state index is 0.0391. The van der Waals surface area contributed by atoms with Crippen LogP contribution in [-0.4, -0.2) is 24.1 Å². The Morgan fingerprint density at radius 3 is 2.70 bits per heavy atom. The molecule has 120 valence electrons. The monoisotopic (exact) mass is 332 g/mol. The number of nitrogens with one attached hydrogen (secondary N) is 1. The van der Waals surface area contributed by atoms with Crippen molar-refractivity contribution in [2.75, 3.05) is 4.72 Å². The van der Waals surface area contributed by atoms with Crippen LogP contribution in [0.1, 0.15) is 19.4 Å². The molecule has 0 atom stereocenters. The Morgan fingerprint density at radius 1 is 1.22 bits per heavy atom. The van der Waals surface area contributed by atoms with Gasteiger partial charge in [-0.1, -0.05) is 6.07 Å². The lowest BCUT2D eigenvalue weighted by atomic mass is 10.0. The summed E-state index contributed by atoms with van der Waals surface area (Å²) in [5, 5.41) is 9.97. The molecule has 0 radical (unpaired) electrons. The number of pyridine rings is 1. The van der Waals surface area contributed by atoms with E-state index in [1.165, 1.54) is 24.4 Å². The zero-order valence-corrected chi connectivity index (χ0v) is 13.5. The first-order chi connectivity index (χ1) is 10.8. The maximum atomic E-state index is 12.4. The molecule has 0 saturated carbocycles. The molecule has 0 amide bonds. The summed E-state index contributed by atoms with van der Waals surface area (Å²) in [5.74, 6) is 0.794. The molecular formula is C16H16N2O4S. The lowest BCUT2D eigenvalue weighted by molar-refractivity contribution is 0.0936. The highest BCUT2D eigenvalue weighted by atomic mass is 32.2. The molecule has 0 fully saturated rings. The highest BCUT2D eigenvalue weighted by molar-refractivity contribution is 7.92. The predicted octanol–water partition coefficient (Wildman–Crippen LogP) is 2.95. The van der Waals surface area contributed by atoms with Gasteiger partial charge in [-0.05, 0) is 50.3 Å². The topological polar surface area (TPSA) is 88.5 Å². The molecule has 2 heterocycles. The molecule has 23 heavy (non-hydrogen) atoms. The molecule has 0 bridgehead atoms. The van der Waals surface area contributed by atoms with Crippen molar-refractivity contribution in [1.82, 2.24) is 4.98 Å². The summed E-state index contributed by atoms with van der Waals surface area (Å²) >= 11 is 0. The van der Waals surface area contributed by atoms with Crippen LogP contribution >= 0.6 is 0 Å². The van der Waals surface area contributed by atoms with Gasteiger partial charge in [0.25, 0.3) is 10.0 Å². The normalized spacial score (nSPS) is 16.0. The smallest absolute Gasteiger partial charge is 0.263 e. The van der Waals surface area contributed by atoms with Crippen LogP contribution in [-0.2, 0) is 10.0 Å². The first kappa shape index (κ1) is 15.4. The van der Waals surface area contributed by atoms with Crippen LogP contribution < -0.4 is 9.46 Å². The summed E-state index contributed by atoms with van der Waals surface area (Å²) in [6, 6.07) is 9.43. The molecular weight excluding hydrogens is 316 g/mol. The average Bonchev–Trinajstić information content (AvgIpc) is 2.48. The molecule has 0 spiro atoms. The van der Waals surface area contributed by atoms with Gasteiger partial charge in [-0.2, -0.15) is 0 Å². The number of aromatic nitrogens is 1. The Morgan fingerprint density at radius 2 is 2.00 bits per heavy atom. The van der Waals surface area contributed by atoms with Gasteiger partial charge in [-0.3, -0.25) is 4.72 Å². The number of rotatable bonds is 3. The average molecular weight is 332 g/mol. The van der Waals surface area contributed by atoms with E-state index in [1.807, 2.05) is 0 Å². The number of nitrogens with zero attached hydrogens (tertiary/aromatic N) is 1. The highest BCUT2D eigenvalue weighted by Crippen LogP contribution is 2.35. The number of sulfonamides is 1. The minimum atomic E-state index is -3.77. The molecule has 7 heteroatoms. The largest absolute Gasteiger partial charge is 0.508 e.